The van der Waals surface area contributed by atoms with Crippen molar-refractivity contribution in [2.75, 3.05) is 20.3 Å². The molecular formula is C10H15ClN2O. The average molecular weight is 215 g/mol. The van der Waals surface area contributed by atoms with E-state index in [1.54, 1.807) is 13.3 Å². The molecule has 0 bridgehead atoms. The molecule has 0 saturated heterocycles. The lowest BCUT2D eigenvalue weighted by atomic mass is 10.3. The van der Waals surface area contributed by atoms with Crippen molar-refractivity contribution in [2.45, 2.75) is 11.9 Å². The van der Waals surface area contributed by atoms with Crippen LogP contribution in [0, 0.1) is 0 Å². The standard InChI is InChI=1S/C10H15ClN2O/c1-14-8-9(11)6-12-7-10-4-2-3-5-13-10/h2-5,9,12H,6-8H2,1H3. The van der Waals surface area contributed by atoms with Crippen molar-refractivity contribution in [3.05, 3.63) is 30.1 Å². The Kier molecular flexibility index (Phi) is 5.52. The number of aromatic nitrogens is 1. The van der Waals surface area contributed by atoms with Crippen molar-refractivity contribution in [1.29, 1.82) is 0 Å². The Morgan fingerprint density at radius 3 is 3.07 bits per heavy atom. The van der Waals surface area contributed by atoms with Crippen molar-refractivity contribution < 1.29 is 4.74 Å². The molecule has 0 aliphatic rings. The molecule has 14 heavy (non-hydrogen) atoms. The highest BCUT2D eigenvalue weighted by Crippen LogP contribution is 1.96. The number of methoxy groups -OCH3 is 1. The Bertz CT molecular complexity index is 243. The van der Waals surface area contributed by atoms with Gasteiger partial charge in [0.05, 0.1) is 17.7 Å². The van der Waals surface area contributed by atoms with Crippen molar-refractivity contribution in [1.82, 2.24) is 10.3 Å². The largest absolute Gasteiger partial charge is 0.383 e. The first-order chi connectivity index (χ1) is 6.83. The number of hydrogen-bond acceptors (Lipinski definition) is 3. The van der Waals surface area contributed by atoms with Gasteiger partial charge in [-0.1, -0.05) is 6.07 Å². The van der Waals surface area contributed by atoms with Gasteiger partial charge in [-0.3, -0.25) is 4.98 Å². The van der Waals surface area contributed by atoms with Crippen LogP contribution in [-0.4, -0.2) is 30.6 Å². The summed E-state index contributed by atoms with van der Waals surface area (Å²) < 4.78 is 4.92. The predicted octanol–water partition coefficient (Wildman–Crippen LogP) is 1.43. The Morgan fingerprint density at radius 2 is 2.43 bits per heavy atom. The Morgan fingerprint density at radius 1 is 1.57 bits per heavy atom. The van der Waals surface area contributed by atoms with Crippen LogP contribution in [0.15, 0.2) is 24.4 Å². The average Bonchev–Trinajstić information content (AvgIpc) is 2.20. The van der Waals surface area contributed by atoms with E-state index in [1.165, 1.54) is 0 Å². The number of pyridine rings is 1. The minimum atomic E-state index is 0.0173. The lowest BCUT2D eigenvalue weighted by Crippen LogP contribution is -2.26. The van der Waals surface area contributed by atoms with Crippen molar-refractivity contribution >= 4 is 11.6 Å². The van der Waals surface area contributed by atoms with Gasteiger partial charge in [-0.05, 0) is 12.1 Å². The van der Waals surface area contributed by atoms with E-state index in [0.29, 0.717) is 6.61 Å². The maximum Gasteiger partial charge on any atom is 0.0694 e. The number of halogens is 1. The summed E-state index contributed by atoms with van der Waals surface area (Å²) in [5, 5.41) is 3.23. The molecule has 0 aromatic carbocycles. The third kappa shape index (κ3) is 4.56. The summed E-state index contributed by atoms with van der Waals surface area (Å²) in [5.74, 6) is 0. The molecule has 1 unspecified atom stereocenters. The van der Waals surface area contributed by atoms with Gasteiger partial charge < -0.3 is 10.1 Å². The number of nitrogens with zero attached hydrogens (tertiary/aromatic N) is 1. The Balaban J connectivity index is 2.16. The quantitative estimate of drug-likeness (QED) is 0.728. The van der Waals surface area contributed by atoms with E-state index in [1.807, 2.05) is 18.2 Å². The molecule has 1 aromatic rings. The number of ether oxygens (including phenoxy) is 1. The molecule has 1 aromatic heterocycles. The minimum Gasteiger partial charge on any atom is -0.383 e. The van der Waals surface area contributed by atoms with E-state index in [-0.39, 0.29) is 5.38 Å². The number of rotatable bonds is 6. The fraction of sp³-hybridized carbons (Fsp3) is 0.500. The number of nitrogens with one attached hydrogen (secondary N) is 1. The summed E-state index contributed by atoms with van der Waals surface area (Å²) in [5.41, 5.74) is 1.02. The fourth-order valence-corrected chi connectivity index (χ4v) is 1.33. The summed E-state index contributed by atoms with van der Waals surface area (Å²) in [7, 11) is 1.65. The van der Waals surface area contributed by atoms with Gasteiger partial charge in [0.2, 0.25) is 0 Å². The van der Waals surface area contributed by atoms with E-state index in [4.69, 9.17) is 16.3 Å². The molecule has 1 N–H and O–H groups in total. The topological polar surface area (TPSA) is 34.1 Å². The molecule has 0 aliphatic heterocycles. The first-order valence-electron chi connectivity index (χ1n) is 4.56. The highest BCUT2D eigenvalue weighted by molar-refractivity contribution is 6.20. The molecule has 4 heteroatoms. The van der Waals surface area contributed by atoms with E-state index >= 15 is 0 Å². The fourth-order valence-electron chi connectivity index (χ4n) is 1.10. The molecule has 0 aliphatic carbocycles. The summed E-state index contributed by atoms with van der Waals surface area (Å²) in [6.45, 7) is 2.04. The Hall–Kier alpha value is -0.640. The molecule has 1 heterocycles. The van der Waals surface area contributed by atoms with E-state index < -0.39 is 0 Å². The van der Waals surface area contributed by atoms with Crippen molar-refractivity contribution in [3.8, 4) is 0 Å². The van der Waals surface area contributed by atoms with Crippen LogP contribution in [0.2, 0.25) is 0 Å². The summed E-state index contributed by atoms with van der Waals surface area (Å²) in [4.78, 5) is 4.18. The van der Waals surface area contributed by atoms with Gasteiger partial charge in [-0.15, -0.1) is 11.6 Å². The molecule has 0 amide bonds. The first-order valence-corrected chi connectivity index (χ1v) is 5.00. The van der Waals surface area contributed by atoms with Crippen LogP contribution in [0.5, 0.6) is 0 Å². The second kappa shape index (κ2) is 6.76. The lowest BCUT2D eigenvalue weighted by Gasteiger charge is -2.08. The highest BCUT2D eigenvalue weighted by atomic mass is 35.5. The molecule has 0 spiro atoms. The molecule has 78 valence electrons. The van der Waals surface area contributed by atoms with Gasteiger partial charge >= 0.3 is 0 Å². The van der Waals surface area contributed by atoms with Gasteiger partial charge in [-0.25, -0.2) is 0 Å². The number of hydrogen-bond donors (Lipinski definition) is 1. The normalized spacial score (nSPS) is 12.7. The molecule has 3 nitrogen and oxygen atoms in total. The molecule has 1 rings (SSSR count). The summed E-state index contributed by atoms with van der Waals surface area (Å²) >= 11 is 5.94. The van der Waals surface area contributed by atoms with Gasteiger partial charge in [0, 0.05) is 26.4 Å². The van der Waals surface area contributed by atoms with Gasteiger partial charge in [0.1, 0.15) is 0 Å². The second-order valence-electron chi connectivity index (χ2n) is 3.00. The summed E-state index contributed by atoms with van der Waals surface area (Å²) in [6.07, 6.45) is 1.78. The van der Waals surface area contributed by atoms with Crippen LogP contribution < -0.4 is 5.32 Å². The van der Waals surface area contributed by atoms with Gasteiger partial charge in [-0.2, -0.15) is 0 Å². The second-order valence-corrected chi connectivity index (χ2v) is 3.62. The molecule has 0 saturated carbocycles. The van der Waals surface area contributed by atoms with Crippen molar-refractivity contribution in [3.63, 3.8) is 0 Å². The number of alkyl halides is 1. The van der Waals surface area contributed by atoms with Crippen LogP contribution in [0.4, 0.5) is 0 Å². The zero-order valence-electron chi connectivity index (χ0n) is 8.24. The molecule has 0 radical (unpaired) electrons. The van der Waals surface area contributed by atoms with E-state index in [0.717, 1.165) is 18.8 Å². The maximum absolute atomic E-state index is 5.94. The first kappa shape index (κ1) is 11.4. The molecular weight excluding hydrogens is 200 g/mol. The van der Waals surface area contributed by atoms with Gasteiger partial charge in [0.15, 0.2) is 0 Å². The zero-order valence-corrected chi connectivity index (χ0v) is 9.00. The third-order valence-electron chi connectivity index (χ3n) is 1.75. The van der Waals surface area contributed by atoms with Crippen LogP contribution in [-0.2, 0) is 11.3 Å². The maximum atomic E-state index is 5.94. The van der Waals surface area contributed by atoms with Crippen LogP contribution in [0.3, 0.4) is 0 Å². The van der Waals surface area contributed by atoms with Crippen LogP contribution in [0.25, 0.3) is 0 Å². The summed E-state index contributed by atoms with van der Waals surface area (Å²) in [6, 6.07) is 5.85. The van der Waals surface area contributed by atoms with Crippen LogP contribution >= 0.6 is 11.6 Å². The minimum absolute atomic E-state index is 0.0173. The van der Waals surface area contributed by atoms with Crippen molar-refractivity contribution in [2.24, 2.45) is 0 Å². The third-order valence-corrected chi connectivity index (χ3v) is 2.03. The smallest absolute Gasteiger partial charge is 0.0694 e. The predicted molar refractivity (Wildman–Crippen MR) is 57.5 cm³/mol. The monoisotopic (exact) mass is 214 g/mol. The zero-order chi connectivity index (χ0) is 10.2. The SMILES string of the molecule is COCC(Cl)CNCc1ccccn1. The highest BCUT2D eigenvalue weighted by Gasteiger charge is 2.02. The van der Waals surface area contributed by atoms with E-state index in [9.17, 15) is 0 Å². The Labute approximate surface area is 89.4 Å². The van der Waals surface area contributed by atoms with Crippen LogP contribution in [0.1, 0.15) is 5.69 Å². The lowest BCUT2D eigenvalue weighted by molar-refractivity contribution is 0.197. The molecule has 1 atom stereocenters. The van der Waals surface area contributed by atoms with E-state index in [2.05, 4.69) is 10.3 Å². The van der Waals surface area contributed by atoms with Gasteiger partial charge in [0.25, 0.3) is 0 Å². The molecule has 0 fully saturated rings.